The van der Waals surface area contributed by atoms with Crippen molar-refractivity contribution in [2.45, 2.75) is 63.2 Å². The van der Waals surface area contributed by atoms with E-state index in [4.69, 9.17) is 0 Å². The Morgan fingerprint density at radius 1 is 0.351 bits per heavy atom. The molecular formula is C70H50BN3. The maximum atomic E-state index is 2.72. The summed E-state index contributed by atoms with van der Waals surface area (Å²) in [5, 5.41) is 13.2. The minimum atomic E-state index is 0.0141. The van der Waals surface area contributed by atoms with Gasteiger partial charge >= 0.3 is 0 Å². The van der Waals surface area contributed by atoms with Crippen LogP contribution >= 0.6 is 0 Å². The predicted molar refractivity (Wildman–Crippen MR) is 314 cm³/mol. The van der Waals surface area contributed by atoms with Crippen LogP contribution in [-0.4, -0.2) is 15.8 Å². The summed E-state index contributed by atoms with van der Waals surface area (Å²) in [6.45, 7) is 0.0141. The summed E-state index contributed by atoms with van der Waals surface area (Å²) in [5.41, 5.74) is 23.8. The van der Waals surface area contributed by atoms with Crippen LogP contribution in [0.3, 0.4) is 0 Å². The summed E-state index contributed by atoms with van der Waals surface area (Å²) in [5.74, 6) is 1.21. The van der Waals surface area contributed by atoms with Crippen LogP contribution in [0.4, 0.5) is 17.1 Å². The Kier molecular flexibility index (Phi) is 7.97. The summed E-state index contributed by atoms with van der Waals surface area (Å²) >= 11 is 0. The first-order chi connectivity index (χ1) is 36.7. The lowest BCUT2D eigenvalue weighted by molar-refractivity contribution is 0.724. The van der Waals surface area contributed by atoms with Crippen molar-refractivity contribution in [3.05, 3.63) is 205 Å². The number of hydrogen-bond donors (Lipinski definition) is 0. The van der Waals surface area contributed by atoms with Crippen molar-refractivity contribution < 1.29 is 0 Å². The number of benzene rings is 11. The fraction of sp³-hybridized carbons (Fsp3) is 0.143. The van der Waals surface area contributed by atoms with Gasteiger partial charge in [-0.05, 0) is 180 Å². The van der Waals surface area contributed by atoms with Crippen molar-refractivity contribution in [3.63, 3.8) is 0 Å². The van der Waals surface area contributed by atoms with Crippen molar-refractivity contribution in [3.8, 4) is 33.6 Å². The SMILES string of the molecule is c1ccc2c(c1)-c1cccc3ccc4c(c13)c1c-2cccc1n4-c1cc2c3c(c1)-n1c4ccc(C5CCCC5)cc4c4cc5ccccc5c(c41)B3c1cc(C3CCCC3)ccc1N2c1ccc2ccccc2c1. The summed E-state index contributed by atoms with van der Waals surface area (Å²) in [7, 11) is 0. The van der Waals surface area contributed by atoms with E-state index < -0.39 is 0 Å². The average molecular weight is 944 g/mol. The van der Waals surface area contributed by atoms with Gasteiger partial charge in [0.2, 0.25) is 0 Å². The lowest BCUT2D eigenvalue weighted by atomic mass is 9.33. The molecule has 348 valence electrons. The highest BCUT2D eigenvalue weighted by Crippen LogP contribution is 2.52. The quantitative estimate of drug-likeness (QED) is 0.160. The smallest absolute Gasteiger partial charge is 0.252 e. The van der Waals surface area contributed by atoms with Crippen molar-refractivity contribution in [1.29, 1.82) is 0 Å². The number of hydrogen-bond acceptors (Lipinski definition) is 1. The summed E-state index contributed by atoms with van der Waals surface area (Å²) in [6.07, 6.45) is 10.4. The van der Waals surface area contributed by atoms with Crippen LogP contribution in [0.1, 0.15) is 74.3 Å². The molecule has 0 radical (unpaired) electrons. The third-order valence-corrected chi connectivity index (χ3v) is 18.8. The van der Waals surface area contributed by atoms with E-state index in [1.54, 1.807) is 0 Å². The Morgan fingerprint density at radius 3 is 1.81 bits per heavy atom. The molecule has 3 nitrogen and oxygen atoms in total. The van der Waals surface area contributed by atoms with Crippen LogP contribution in [-0.2, 0) is 0 Å². The summed E-state index contributed by atoms with van der Waals surface area (Å²) in [4.78, 5) is 2.66. The molecule has 0 saturated heterocycles. The van der Waals surface area contributed by atoms with Crippen LogP contribution < -0.4 is 21.3 Å². The van der Waals surface area contributed by atoms with Crippen LogP contribution in [0.5, 0.6) is 0 Å². The van der Waals surface area contributed by atoms with E-state index in [2.05, 4.69) is 208 Å². The third kappa shape index (κ3) is 5.23. The van der Waals surface area contributed by atoms with Gasteiger partial charge in [0.1, 0.15) is 0 Å². The van der Waals surface area contributed by atoms with Gasteiger partial charge < -0.3 is 14.0 Å². The second-order valence-electron chi connectivity index (χ2n) is 22.4. The number of fused-ring (bicyclic) bond motifs is 13. The van der Waals surface area contributed by atoms with Crippen LogP contribution in [0, 0.1) is 0 Å². The Labute approximate surface area is 430 Å². The highest BCUT2D eigenvalue weighted by atomic mass is 15.2. The van der Waals surface area contributed by atoms with Gasteiger partial charge in [0.25, 0.3) is 6.71 Å². The highest BCUT2D eigenvalue weighted by Gasteiger charge is 2.44. The van der Waals surface area contributed by atoms with Gasteiger partial charge in [0.05, 0.1) is 22.2 Å². The van der Waals surface area contributed by atoms with E-state index in [1.165, 1.54) is 206 Å². The number of anilines is 3. The normalized spacial score (nSPS) is 15.8. The zero-order valence-corrected chi connectivity index (χ0v) is 41.2. The Morgan fingerprint density at radius 2 is 0.986 bits per heavy atom. The zero-order valence-electron chi connectivity index (χ0n) is 41.2. The molecule has 0 unspecified atom stereocenters. The van der Waals surface area contributed by atoms with Gasteiger partial charge in [0.15, 0.2) is 0 Å². The fourth-order valence-electron chi connectivity index (χ4n) is 15.7. The fourth-order valence-corrected chi connectivity index (χ4v) is 15.7. The zero-order chi connectivity index (χ0) is 47.9. The molecule has 2 aromatic heterocycles. The lowest BCUT2D eigenvalue weighted by Crippen LogP contribution is -2.60. The molecule has 2 saturated carbocycles. The van der Waals surface area contributed by atoms with Crippen LogP contribution in [0.2, 0.25) is 0 Å². The molecular weight excluding hydrogens is 894 g/mol. The largest absolute Gasteiger partial charge is 0.311 e. The summed E-state index contributed by atoms with van der Waals surface area (Å²) < 4.78 is 5.35. The van der Waals surface area contributed by atoms with Gasteiger partial charge in [-0.25, -0.2) is 0 Å². The van der Waals surface area contributed by atoms with Gasteiger partial charge in [-0.15, -0.1) is 0 Å². The number of aromatic nitrogens is 2. The average Bonchev–Trinajstić information content (AvgIpc) is 4.40. The molecule has 4 heterocycles. The van der Waals surface area contributed by atoms with Crippen molar-refractivity contribution >= 4 is 116 Å². The first-order valence-corrected chi connectivity index (χ1v) is 27.4. The van der Waals surface area contributed by atoms with Gasteiger partial charge in [-0.1, -0.05) is 159 Å². The minimum Gasteiger partial charge on any atom is -0.311 e. The second kappa shape index (κ2) is 14.7. The Balaban J connectivity index is 1.02. The molecule has 0 N–H and O–H groups in total. The first-order valence-electron chi connectivity index (χ1n) is 27.4. The predicted octanol–water partition coefficient (Wildman–Crippen LogP) is 16.9. The summed E-state index contributed by atoms with van der Waals surface area (Å²) in [6, 6.07) is 76.1. The maximum absolute atomic E-state index is 2.72. The van der Waals surface area contributed by atoms with E-state index in [-0.39, 0.29) is 6.71 Å². The monoisotopic (exact) mass is 943 g/mol. The topological polar surface area (TPSA) is 13.1 Å². The molecule has 18 rings (SSSR count). The Bertz CT molecular complexity index is 4650. The minimum absolute atomic E-state index is 0.0141. The van der Waals surface area contributed by atoms with Gasteiger partial charge in [-0.2, -0.15) is 0 Å². The Hall–Kier alpha value is -8.34. The molecule has 5 aliphatic rings. The molecule has 0 spiro atoms. The second-order valence-corrected chi connectivity index (χ2v) is 22.4. The van der Waals surface area contributed by atoms with E-state index >= 15 is 0 Å². The van der Waals surface area contributed by atoms with Gasteiger partial charge in [-0.3, -0.25) is 0 Å². The number of rotatable bonds is 4. The molecule has 3 aliphatic carbocycles. The maximum Gasteiger partial charge on any atom is 0.252 e. The molecule has 4 heteroatoms. The molecule has 0 bridgehead atoms. The first kappa shape index (κ1) is 40.2. The van der Waals surface area contributed by atoms with Crippen LogP contribution in [0.15, 0.2) is 194 Å². The van der Waals surface area contributed by atoms with Crippen molar-refractivity contribution in [2.24, 2.45) is 0 Å². The highest BCUT2D eigenvalue weighted by molar-refractivity contribution is 7.01. The molecule has 0 atom stereocenters. The lowest BCUT2D eigenvalue weighted by Gasteiger charge is -2.41. The van der Waals surface area contributed by atoms with Gasteiger partial charge in [0, 0.05) is 49.8 Å². The van der Waals surface area contributed by atoms with E-state index in [9.17, 15) is 0 Å². The molecule has 74 heavy (non-hydrogen) atoms. The van der Waals surface area contributed by atoms with Crippen molar-refractivity contribution in [1.82, 2.24) is 9.13 Å². The number of nitrogens with zero attached hydrogens (tertiary/aromatic N) is 3. The third-order valence-electron chi connectivity index (χ3n) is 18.8. The molecule has 13 aromatic rings. The molecule has 2 aliphatic heterocycles. The van der Waals surface area contributed by atoms with Crippen molar-refractivity contribution in [2.75, 3.05) is 4.90 Å². The van der Waals surface area contributed by atoms with E-state index in [1.807, 2.05) is 0 Å². The van der Waals surface area contributed by atoms with Crippen LogP contribution in [0.25, 0.3) is 110 Å². The molecule has 11 aromatic carbocycles. The van der Waals surface area contributed by atoms with E-state index in [0.29, 0.717) is 11.8 Å². The molecule has 2 fully saturated rings. The molecule has 0 amide bonds. The van der Waals surface area contributed by atoms with E-state index in [0.717, 1.165) is 0 Å². The standard InChI is InChI=1S/C70H50BN3/c1-2-14-41(13-1)46-29-32-59-56(36-46)57-37-48-19-7-8-21-51(48)68-70(57)74(59)64-40-50(73-61-26-12-25-55-53-23-10-9-22-52(53)54-24-11-20-44-28-34-62(73)67(65(44)54)66(55)61)39-63-69(64)71(68)58-38-47(42-15-3-4-16-42)30-33-60(58)72(63)49-31-27-43-17-5-6-18-45(43)35-49/h5-12,17-42H,1-4,13-16H2.